The van der Waals surface area contributed by atoms with E-state index in [9.17, 15) is 0 Å². The Balaban J connectivity index is 1.84. The first-order chi connectivity index (χ1) is 6.51. The van der Waals surface area contributed by atoms with Crippen LogP contribution >= 0.6 is 0 Å². The quantitative estimate of drug-likeness (QED) is 0.661. The molecule has 0 aromatic heterocycles. The summed E-state index contributed by atoms with van der Waals surface area (Å²) in [6.45, 7) is 13.8. The summed E-state index contributed by atoms with van der Waals surface area (Å²) in [5.41, 5.74) is 1.90. The maximum absolute atomic E-state index is 4.11. The van der Waals surface area contributed by atoms with Crippen molar-refractivity contribution in [3.8, 4) is 0 Å². The number of likely N-dealkylation sites (tertiary alicyclic amines) is 2. The summed E-state index contributed by atoms with van der Waals surface area (Å²) in [6.07, 6.45) is 1.22. The molecule has 0 radical (unpaired) electrons. The van der Waals surface area contributed by atoms with Crippen molar-refractivity contribution in [3.63, 3.8) is 0 Å². The molecule has 0 aromatic rings. The van der Waals surface area contributed by atoms with Gasteiger partial charge in [-0.25, -0.2) is 0 Å². The van der Waals surface area contributed by atoms with Gasteiger partial charge in [0, 0.05) is 44.3 Å². The summed E-state index contributed by atoms with van der Waals surface area (Å²) in [4.78, 5) is 4.91. The fourth-order valence-electron chi connectivity index (χ4n) is 3.00. The van der Waals surface area contributed by atoms with E-state index in [0.29, 0.717) is 5.41 Å². The molecule has 2 aliphatic heterocycles. The van der Waals surface area contributed by atoms with Crippen LogP contribution in [-0.2, 0) is 0 Å². The van der Waals surface area contributed by atoms with E-state index in [2.05, 4.69) is 37.3 Å². The lowest BCUT2D eigenvalue weighted by Gasteiger charge is -2.48. The highest BCUT2D eigenvalue weighted by molar-refractivity contribution is 5.13. The molecule has 0 N–H and O–H groups in total. The molecular formula is C12H22N2. The molecule has 80 valence electrons. The van der Waals surface area contributed by atoms with Gasteiger partial charge in [0.1, 0.15) is 0 Å². The van der Waals surface area contributed by atoms with Crippen LogP contribution in [0.2, 0.25) is 0 Å². The normalized spacial score (nSPS) is 26.3. The average Bonchev–Trinajstić information content (AvgIpc) is 2.25. The summed E-state index contributed by atoms with van der Waals surface area (Å²) in [5, 5.41) is 0. The Morgan fingerprint density at radius 1 is 1.36 bits per heavy atom. The highest BCUT2D eigenvalue weighted by atomic mass is 15.3. The Hall–Kier alpha value is -0.500. The summed E-state index contributed by atoms with van der Waals surface area (Å²) in [6, 6.07) is 0. The van der Waals surface area contributed by atoms with Gasteiger partial charge >= 0.3 is 0 Å². The van der Waals surface area contributed by atoms with E-state index in [1.54, 1.807) is 0 Å². The van der Waals surface area contributed by atoms with Gasteiger partial charge in [-0.2, -0.15) is 0 Å². The lowest BCUT2D eigenvalue weighted by atomic mass is 9.78. The van der Waals surface area contributed by atoms with Gasteiger partial charge in [-0.3, -0.25) is 0 Å². The van der Waals surface area contributed by atoms with Gasteiger partial charge in [0.05, 0.1) is 0 Å². The molecule has 0 bridgehead atoms. The van der Waals surface area contributed by atoms with Crippen LogP contribution in [-0.4, -0.2) is 43.0 Å². The van der Waals surface area contributed by atoms with Crippen LogP contribution in [0.15, 0.2) is 12.3 Å². The predicted molar refractivity (Wildman–Crippen MR) is 60.1 cm³/mol. The molecule has 0 saturated carbocycles. The molecule has 2 aliphatic rings. The molecule has 2 nitrogen and oxygen atoms in total. The highest BCUT2D eigenvalue weighted by Crippen LogP contribution is 2.43. The van der Waals surface area contributed by atoms with E-state index in [4.69, 9.17) is 0 Å². The third-order valence-corrected chi connectivity index (χ3v) is 3.43. The Labute approximate surface area is 87.6 Å². The average molecular weight is 194 g/mol. The third kappa shape index (κ3) is 1.68. The zero-order chi connectivity index (χ0) is 10.3. The maximum Gasteiger partial charge on any atom is 0.0256 e. The van der Waals surface area contributed by atoms with Crippen molar-refractivity contribution < 1.29 is 0 Å². The van der Waals surface area contributed by atoms with Crippen molar-refractivity contribution >= 4 is 0 Å². The Bertz CT molecular complexity index is 239. The van der Waals surface area contributed by atoms with Crippen LogP contribution in [0.5, 0.6) is 0 Å². The van der Waals surface area contributed by atoms with Crippen LogP contribution in [0.25, 0.3) is 0 Å². The minimum absolute atomic E-state index is 0.570. The van der Waals surface area contributed by atoms with Gasteiger partial charge in [0.25, 0.3) is 0 Å². The van der Waals surface area contributed by atoms with Crippen molar-refractivity contribution in [1.82, 2.24) is 9.80 Å². The van der Waals surface area contributed by atoms with Gasteiger partial charge in [-0.15, -0.1) is 0 Å². The van der Waals surface area contributed by atoms with Gasteiger partial charge < -0.3 is 9.80 Å². The summed E-state index contributed by atoms with van der Waals surface area (Å²) < 4.78 is 0. The van der Waals surface area contributed by atoms with Crippen molar-refractivity contribution in [2.45, 2.75) is 20.3 Å². The van der Waals surface area contributed by atoms with Crippen molar-refractivity contribution in [3.05, 3.63) is 12.3 Å². The number of allylic oxidation sites excluding steroid dienone is 1. The van der Waals surface area contributed by atoms with Gasteiger partial charge in [0.15, 0.2) is 0 Å². The zero-order valence-corrected chi connectivity index (χ0v) is 9.71. The topological polar surface area (TPSA) is 6.48 Å². The van der Waals surface area contributed by atoms with Crippen molar-refractivity contribution in [2.24, 2.45) is 11.3 Å². The van der Waals surface area contributed by atoms with E-state index in [1.165, 1.54) is 38.3 Å². The molecule has 0 aromatic carbocycles. The lowest BCUT2D eigenvalue weighted by Crippen LogP contribution is -2.58. The molecule has 1 spiro atoms. The number of hydrogen-bond donors (Lipinski definition) is 0. The summed E-state index contributed by atoms with van der Waals surface area (Å²) in [5.74, 6) is 0.801. The first kappa shape index (κ1) is 10.0. The molecule has 0 atom stereocenters. The predicted octanol–water partition coefficient (Wildman–Crippen LogP) is 1.79. The zero-order valence-electron chi connectivity index (χ0n) is 9.71. The van der Waals surface area contributed by atoms with Gasteiger partial charge in [-0.05, 0) is 12.3 Å². The smallest absolute Gasteiger partial charge is 0.0256 e. The molecular weight excluding hydrogens is 172 g/mol. The first-order valence-corrected chi connectivity index (χ1v) is 5.62. The van der Waals surface area contributed by atoms with Crippen LogP contribution in [0.3, 0.4) is 0 Å². The molecule has 2 rings (SSSR count). The van der Waals surface area contributed by atoms with Crippen LogP contribution in [0, 0.1) is 11.3 Å². The monoisotopic (exact) mass is 194 g/mol. The molecule has 14 heavy (non-hydrogen) atoms. The van der Waals surface area contributed by atoms with E-state index in [-0.39, 0.29) is 0 Å². The van der Waals surface area contributed by atoms with Crippen LogP contribution < -0.4 is 0 Å². The summed E-state index contributed by atoms with van der Waals surface area (Å²) >= 11 is 0. The maximum atomic E-state index is 4.11. The SMILES string of the molecule is C=C1CC2(CN(CC(C)C)C2)CN1C. The molecule has 0 aliphatic carbocycles. The van der Waals surface area contributed by atoms with Gasteiger partial charge in [0.2, 0.25) is 0 Å². The minimum atomic E-state index is 0.570. The number of hydrogen-bond acceptors (Lipinski definition) is 2. The van der Waals surface area contributed by atoms with E-state index in [1.807, 2.05) is 0 Å². The number of rotatable bonds is 2. The van der Waals surface area contributed by atoms with E-state index >= 15 is 0 Å². The minimum Gasteiger partial charge on any atom is -0.378 e. The molecule has 0 amide bonds. The second kappa shape index (κ2) is 3.27. The highest BCUT2D eigenvalue weighted by Gasteiger charge is 2.47. The van der Waals surface area contributed by atoms with Crippen LogP contribution in [0.1, 0.15) is 20.3 Å². The van der Waals surface area contributed by atoms with Crippen LogP contribution in [0.4, 0.5) is 0 Å². The van der Waals surface area contributed by atoms with Crippen molar-refractivity contribution in [1.29, 1.82) is 0 Å². The summed E-state index contributed by atoms with van der Waals surface area (Å²) in [7, 11) is 2.17. The molecule has 2 saturated heterocycles. The Morgan fingerprint density at radius 2 is 2.00 bits per heavy atom. The standard InChI is InChI=1S/C12H22N2/c1-10(2)6-14-8-12(9-14)5-11(3)13(4)7-12/h10H,3,5-9H2,1-2,4H3. The fraction of sp³-hybridized carbons (Fsp3) is 0.833. The van der Waals surface area contributed by atoms with E-state index in [0.717, 1.165) is 5.92 Å². The van der Waals surface area contributed by atoms with E-state index < -0.39 is 0 Å². The lowest BCUT2D eigenvalue weighted by molar-refractivity contribution is 0.00256. The largest absolute Gasteiger partial charge is 0.378 e. The second-order valence-corrected chi connectivity index (χ2v) is 5.66. The third-order valence-electron chi connectivity index (χ3n) is 3.43. The Morgan fingerprint density at radius 3 is 2.43 bits per heavy atom. The molecule has 0 unspecified atom stereocenters. The molecule has 2 heterocycles. The molecule has 2 heteroatoms. The van der Waals surface area contributed by atoms with Gasteiger partial charge in [-0.1, -0.05) is 20.4 Å². The molecule has 2 fully saturated rings. The Kier molecular flexibility index (Phi) is 2.34. The van der Waals surface area contributed by atoms with Crippen molar-refractivity contribution in [2.75, 3.05) is 33.2 Å². The second-order valence-electron chi connectivity index (χ2n) is 5.66. The fourth-order valence-corrected chi connectivity index (χ4v) is 3.00. The first-order valence-electron chi connectivity index (χ1n) is 5.62. The number of nitrogens with zero attached hydrogens (tertiary/aromatic N) is 2.